The van der Waals surface area contributed by atoms with Crippen LogP contribution < -0.4 is 11.4 Å². The van der Waals surface area contributed by atoms with Crippen LogP contribution in [0.3, 0.4) is 0 Å². The summed E-state index contributed by atoms with van der Waals surface area (Å²) in [5.41, 5.74) is 4.79. The van der Waals surface area contributed by atoms with Crippen molar-refractivity contribution in [2.45, 2.75) is 25.4 Å². The first-order valence-electron chi connectivity index (χ1n) is 5.33. The van der Waals surface area contributed by atoms with E-state index in [0.29, 0.717) is 0 Å². The van der Waals surface area contributed by atoms with E-state index in [2.05, 4.69) is 4.98 Å². The van der Waals surface area contributed by atoms with E-state index in [1.807, 2.05) is 0 Å². The lowest BCUT2D eigenvalue weighted by Gasteiger charge is -2.17. The minimum atomic E-state index is -0.865. The molecule has 17 heavy (non-hydrogen) atoms. The number of ether oxygens (including phenoxy) is 1. The Morgan fingerprint density at radius 2 is 2.35 bits per heavy atom. The van der Waals surface area contributed by atoms with Crippen LogP contribution in [0.2, 0.25) is 0 Å². The Labute approximate surface area is 97.5 Å². The number of hydrogen-bond acceptors (Lipinski definition) is 6. The number of rotatable bonds is 2. The summed E-state index contributed by atoms with van der Waals surface area (Å²) in [5.74, 6) is -0.139. The van der Waals surface area contributed by atoms with Crippen molar-refractivity contribution in [2.24, 2.45) is 5.92 Å². The normalized spacial score (nSPS) is 32.9. The second kappa shape index (κ2) is 4.44. The summed E-state index contributed by atoms with van der Waals surface area (Å²) in [4.78, 5) is 15.2. The highest BCUT2D eigenvalue weighted by atomic mass is 16.5. The topological polar surface area (TPSA) is 111 Å². The Morgan fingerprint density at radius 3 is 2.88 bits per heavy atom. The highest BCUT2D eigenvalue weighted by Gasteiger charge is 2.41. The first-order chi connectivity index (χ1) is 8.04. The van der Waals surface area contributed by atoms with Crippen molar-refractivity contribution in [2.75, 3.05) is 12.3 Å². The quantitative estimate of drug-likeness (QED) is 0.594. The third-order valence-corrected chi connectivity index (χ3v) is 3.04. The number of aliphatic hydroxyl groups is 2. The average Bonchev–Trinajstić information content (AvgIpc) is 2.57. The third-order valence-electron chi connectivity index (χ3n) is 3.04. The Hall–Kier alpha value is -1.44. The molecule has 0 aromatic carbocycles. The van der Waals surface area contributed by atoms with E-state index in [1.54, 1.807) is 6.92 Å². The summed E-state index contributed by atoms with van der Waals surface area (Å²) in [7, 11) is 0. The van der Waals surface area contributed by atoms with Gasteiger partial charge in [-0.05, 0) is 6.07 Å². The fourth-order valence-electron chi connectivity index (χ4n) is 1.92. The minimum absolute atomic E-state index is 0.116. The van der Waals surface area contributed by atoms with Crippen molar-refractivity contribution in [3.05, 3.63) is 22.7 Å². The van der Waals surface area contributed by atoms with Gasteiger partial charge < -0.3 is 20.7 Å². The number of aromatic nitrogens is 2. The standard InChI is InChI=1S/C10H15N3O4/c1-5-6(4-14)17-9(8(5)15)13-3-2-7(11)12-10(13)16/h2-3,5-6,8-9,14-15H,4H2,1H3,(H2,11,12,16)/t5-,6+,8+,9+/m0/s1. The molecule has 4 N–H and O–H groups in total. The second-order valence-corrected chi connectivity index (χ2v) is 4.14. The SMILES string of the molecule is C[C@@H]1[C@@H](O)[C@H](n2ccc(N)nc2=O)O[C@@H]1CO. The zero-order chi connectivity index (χ0) is 12.6. The molecule has 2 rings (SSSR count). The predicted octanol–water partition coefficient (Wildman–Crippen LogP) is -1.29. The fraction of sp³-hybridized carbons (Fsp3) is 0.600. The molecule has 0 amide bonds. The van der Waals surface area contributed by atoms with Gasteiger partial charge >= 0.3 is 5.69 Å². The molecule has 0 unspecified atom stereocenters. The van der Waals surface area contributed by atoms with E-state index in [9.17, 15) is 9.90 Å². The van der Waals surface area contributed by atoms with Crippen LogP contribution in [0.4, 0.5) is 5.82 Å². The van der Waals surface area contributed by atoms with Crippen molar-refractivity contribution in [1.29, 1.82) is 0 Å². The van der Waals surface area contributed by atoms with E-state index in [4.69, 9.17) is 15.6 Å². The van der Waals surface area contributed by atoms with E-state index >= 15 is 0 Å². The third kappa shape index (κ3) is 2.04. The van der Waals surface area contributed by atoms with Crippen molar-refractivity contribution >= 4 is 5.82 Å². The number of nitrogens with two attached hydrogens (primary N) is 1. The summed E-state index contributed by atoms with van der Waals surface area (Å²) in [6.07, 6.45) is -0.761. The Bertz CT molecular complexity index is 461. The molecule has 1 aliphatic heterocycles. The highest BCUT2D eigenvalue weighted by Crippen LogP contribution is 2.32. The van der Waals surface area contributed by atoms with Gasteiger partial charge in [-0.2, -0.15) is 4.98 Å². The summed E-state index contributed by atoms with van der Waals surface area (Å²) < 4.78 is 6.60. The number of nitrogens with zero attached hydrogens (tertiary/aromatic N) is 2. The fourth-order valence-corrected chi connectivity index (χ4v) is 1.92. The van der Waals surface area contributed by atoms with Gasteiger partial charge in [0.15, 0.2) is 6.23 Å². The van der Waals surface area contributed by atoms with E-state index < -0.39 is 24.1 Å². The molecule has 7 heteroatoms. The van der Waals surface area contributed by atoms with Crippen LogP contribution in [-0.2, 0) is 4.74 Å². The minimum Gasteiger partial charge on any atom is -0.394 e. The molecule has 0 spiro atoms. The number of anilines is 1. The predicted molar refractivity (Wildman–Crippen MR) is 59.1 cm³/mol. The van der Waals surface area contributed by atoms with Crippen molar-refractivity contribution in [1.82, 2.24) is 9.55 Å². The number of aliphatic hydroxyl groups excluding tert-OH is 2. The van der Waals surface area contributed by atoms with Gasteiger partial charge in [0.05, 0.1) is 12.7 Å². The first kappa shape index (κ1) is 12.0. The molecule has 4 atom stereocenters. The van der Waals surface area contributed by atoms with Gasteiger partial charge in [0.2, 0.25) is 0 Å². The van der Waals surface area contributed by atoms with Crippen LogP contribution in [-0.4, -0.2) is 38.6 Å². The Morgan fingerprint density at radius 1 is 1.65 bits per heavy atom. The monoisotopic (exact) mass is 241 g/mol. The van der Waals surface area contributed by atoms with Gasteiger partial charge in [0, 0.05) is 12.1 Å². The van der Waals surface area contributed by atoms with Crippen molar-refractivity contribution < 1.29 is 14.9 Å². The molecule has 1 aromatic rings. The van der Waals surface area contributed by atoms with Gasteiger partial charge in [-0.1, -0.05) is 6.92 Å². The molecule has 0 aliphatic carbocycles. The van der Waals surface area contributed by atoms with E-state index in [0.717, 1.165) is 0 Å². The van der Waals surface area contributed by atoms with E-state index in [1.165, 1.54) is 16.8 Å². The molecule has 0 bridgehead atoms. The molecule has 7 nitrogen and oxygen atoms in total. The average molecular weight is 241 g/mol. The van der Waals surface area contributed by atoms with Crippen molar-refractivity contribution in [3.8, 4) is 0 Å². The van der Waals surface area contributed by atoms with Crippen molar-refractivity contribution in [3.63, 3.8) is 0 Å². The Kier molecular flexibility index (Phi) is 3.14. The summed E-state index contributed by atoms with van der Waals surface area (Å²) in [6.45, 7) is 1.55. The molecular weight excluding hydrogens is 226 g/mol. The van der Waals surface area contributed by atoms with Crippen LogP contribution in [0.1, 0.15) is 13.2 Å². The van der Waals surface area contributed by atoms with Gasteiger partial charge in [0.25, 0.3) is 0 Å². The molecule has 94 valence electrons. The second-order valence-electron chi connectivity index (χ2n) is 4.14. The maximum absolute atomic E-state index is 11.6. The van der Waals surface area contributed by atoms with Crippen LogP contribution in [0, 0.1) is 5.92 Å². The van der Waals surface area contributed by atoms with Gasteiger partial charge in [-0.25, -0.2) is 4.79 Å². The maximum atomic E-state index is 11.6. The molecule has 2 heterocycles. The lowest BCUT2D eigenvalue weighted by Crippen LogP contribution is -2.33. The van der Waals surface area contributed by atoms with Crippen LogP contribution in [0.25, 0.3) is 0 Å². The van der Waals surface area contributed by atoms with Crippen LogP contribution in [0.15, 0.2) is 17.1 Å². The molecular formula is C10H15N3O4. The zero-order valence-corrected chi connectivity index (χ0v) is 9.35. The molecule has 1 fully saturated rings. The molecule has 1 aromatic heterocycles. The maximum Gasteiger partial charge on any atom is 0.351 e. The first-order valence-corrected chi connectivity index (χ1v) is 5.33. The Balaban J connectivity index is 2.32. The van der Waals surface area contributed by atoms with Gasteiger partial charge in [-0.3, -0.25) is 4.57 Å². The number of nitrogen functional groups attached to an aromatic ring is 1. The molecule has 0 saturated carbocycles. The lowest BCUT2D eigenvalue weighted by atomic mass is 10.0. The lowest BCUT2D eigenvalue weighted by molar-refractivity contribution is -0.0533. The van der Waals surface area contributed by atoms with Crippen LogP contribution >= 0.6 is 0 Å². The highest BCUT2D eigenvalue weighted by molar-refractivity contribution is 5.23. The largest absolute Gasteiger partial charge is 0.394 e. The van der Waals surface area contributed by atoms with Crippen LogP contribution in [0.5, 0.6) is 0 Å². The zero-order valence-electron chi connectivity index (χ0n) is 9.35. The number of hydrogen-bond donors (Lipinski definition) is 3. The smallest absolute Gasteiger partial charge is 0.351 e. The molecule has 1 aliphatic rings. The summed E-state index contributed by atoms with van der Waals surface area (Å²) in [6, 6.07) is 1.45. The molecule has 1 saturated heterocycles. The summed E-state index contributed by atoms with van der Waals surface area (Å²) >= 11 is 0. The van der Waals surface area contributed by atoms with Gasteiger partial charge in [0.1, 0.15) is 11.9 Å². The summed E-state index contributed by atoms with van der Waals surface area (Å²) in [5, 5.41) is 19.0. The van der Waals surface area contributed by atoms with Gasteiger partial charge in [-0.15, -0.1) is 0 Å². The van der Waals surface area contributed by atoms with E-state index in [-0.39, 0.29) is 18.3 Å². The molecule has 0 radical (unpaired) electrons.